The lowest BCUT2D eigenvalue weighted by atomic mass is 9.94. The van der Waals surface area contributed by atoms with Gasteiger partial charge in [-0.1, -0.05) is 22.7 Å². The molecular formula is C18H19N3O5S2. The molecule has 28 heavy (non-hydrogen) atoms. The van der Waals surface area contributed by atoms with Gasteiger partial charge in [0.15, 0.2) is 14.0 Å². The molecule has 0 N–H and O–H groups in total. The molecule has 1 fully saturated rings. The molecule has 1 saturated heterocycles. The van der Waals surface area contributed by atoms with Gasteiger partial charge < -0.3 is 9.64 Å². The number of ether oxygens (including phenoxy) is 1. The summed E-state index contributed by atoms with van der Waals surface area (Å²) in [6.07, 6.45) is 2.13. The van der Waals surface area contributed by atoms with Crippen molar-refractivity contribution in [2.24, 2.45) is 0 Å². The first kappa shape index (κ1) is 19.0. The molecule has 0 spiro atoms. The van der Waals surface area contributed by atoms with Crippen LogP contribution in [0.3, 0.4) is 0 Å². The number of sulfone groups is 1. The Morgan fingerprint density at radius 2 is 2.14 bits per heavy atom. The molecule has 2 aliphatic rings. The summed E-state index contributed by atoms with van der Waals surface area (Å²) in [4.78, 5) is 26.5. The third-order valence-corrected chi connectivity index (χ3v) is 7.67. The molecule has 1 aromatic carbocycles. The highest BCUT2D eigenvalue weighted by Crippen LogP contribution is 2.35. The molecule has 2 atom stereocenters. The van der Waals surface area contributed by atoms with Crippen molar-refractivity contribution < 1.29 is 22.7 Å². The lowest BCUT2D eigenvalue weighted by Crippen LogP contribution is -2.40. The van der Waals surface area contributed by atoms with Crippen molar-refractivity contribution in [1.82, 2.24) is 14.5 Å². The van der Waals surface area contributed by atoms with Gasteiger partial charge in [0.2, 0.25) is 5.91 Å². The van der Waals surface area contributed by atoms with E-state index < -0.39 is 21.9 Å². The quantitative estimate of drug-likeness (QED) is 0.695. The zero-order chi connectivity index (χ0) is 19.9. The fourth-order valence-corrected chi connectivity index (χ4v) is 5.51. The summed E-state index contributed by atoms with van der Waals surface area (Å²) in [5.41, 5.74) is 1.68. The maximum atomic E-state index is 12.9. The van der Waals surface area contributed by atoms with Gasteiger partial charge in [0.05, 0.1) is 17.7 Å². The van der Waals surface area contributed by atoms with E-state index in [1.165, 1.54) is 0 Å². The Balaban J connectivity index is 1.48. The number of fused-ring (bicyclic) bond motifs is 1. The Kier molecular flexibility index (Phi) is 4.92. The first-order valence-corrected chi connectivity index (χ1v) is 11.6. The Bertz CT molecular complexity index is 1030. The molecule has 148 valence electrons. The minimum atomic E-state index is -3.40. The van der Waals surface area contributed by atoms with E-state index in [0.29, 0.717) is 24.3 Å². The molecule has 0 saturated carbocycles. The van der Waals surface area contributed by atoms with E-state index in [4.69, 9.17) is 4.74 Å². The summed E-state index contributed by atoms with van der Waals surface area (Å²) in [6.45, 7) is 0.971. The number of likely N-dealkylation sites (tertiary alicyclic amines) is 1. The molecule has 8 nitrogen and oxygen atoms in total. The molecule has 10 heteroatoms. The first-order chi connectivity index (χ1) is 13.3. The summed E-state index contributed by atoms with van der Waals surface area (Å²) in [5, 5.41) is 4.03. The first-order valence-electron chi connectivity index (χ1n) is 8.94. The molecule has 3 heterocycles. The second-order valence-electron chi connectivity index (χ2n) is 7.08. The van der Waals surface area contributed by atoms with Crippen LogP contribution in [-0.2, 0) is 19.4 Å². The summed E-state index contributed by atoms with van der Waals surface area (Å²) < 4.78 is 33.2. The van der Waals surface area contributed by atoms with Crippen LogP contribution in [0.5, 0.6) is 0 Å². The van der Waals surface area contributed by atoms with Crippen molar-refractivity contribution in [3.05, 3.63) is 41.1 Å². The molecule has 4 rings (SSSR count). The third kappa shape index (κ3) is 3.53. The summed E-state index contributed by atoms with van der Waals surface area (Å²) in [7, 11) is -3.40. The minimum absolute atomic E-state index is 0.0731. The SMILES string of the molecule is CS(=O)(=O)c1snnc1[C@@H]1CCCN(C(=O)C[C@H]2OC(=O)c3ccccc32)C1. The monoisotopic (exact) mass is 421 g/mol. The zero-order valence-electron chi connectivity index (χ0n) is 15.2. The number of benzene rings is 1. The second kappa shape index (κ2) is 7.25. The van der Waals surface area contributed by atoms with Crippen molar-refractivity contribution in [3.63, 3.8) is 0 Å². The minimum Gasteiger partial charge on any atom is -0.453 e. The van der Waals surface area contributed by atoms with Crippen LogP contribution in [-0.4, -0.2) is 54.1 Å². The van der Waals surface area contributed by atoms with E-state index in [9.17, 15) is 18.0 Å². The normalized spacial score (nSPS) is 22.0. The molecule has 0 unspecified atom stereocenters. The second-order valence-corrected chi connectivity index (χ2v) is 10.0. The third-order valence-electron chi connectivity index (χ3n) is 5.12. The van der Waals surface area contributed by atoms with Gasteiger partial charge in [0.25, 0.3) is 0 Å². The fraction of sp³-hybridized carbons (Fsp3) is 0.444. The number of piperidine rings is 1. The smallest absolute Gasteiger partial charge is 0.339 e. The topological polar surface area (TPSA) is 107 Å². The Hall–Kier alpha value is -2.33. The zero-order valence-corrected chi connectivity index (χ0v) is 16.8. The number of hydrogen-bond donors (Lipinski definition) is 0. The van der Waals surface area contributed by atoms with Crippen molar-refractivity contribution in [1.29, 1.82) is 0 Å². The largest absolute Gasteiger partial charge is 0.453 e. The van der Waals surface area contributed by atoms with Crippen LogP contribution < -0.4 is 0 Å². The van der Waals surface area contributed by atoms with E-state index in [2.05, 4.69) is 9.59 Å². The standard InChI is InChI=1S/C18H19N3O5S2/c1-28(24,25)18-16(19-20-27-18)11-5-4-8-21(10-11)15(22)9-14-12-6-2-3-7-13(12)17(23)26-14/h2-3,6-7,11,14H,4-5,8-10H2,1H3/t11-,14-/m1/s1. The summed E-state index contributed by atoms with van der Waals surface area (Å²) >= 11 is 0.868. The average Bonchev–Trinajstić information content (AvgIpc) is 3.28. The maximum Gasteiger partial charge on any atom is 0.339 e. The number of carbonyl (C=O) groups is 2. The molecule has 0 aliphatic carbocycles. The summed E-state index contributed by atoms with van der Waals surface area (Å²) in [6, 6.07) is 7.08. The predicted molar refractivity (Wildman–Crippen MR) is 101 cm³/mol. The van der Waals surface area contributed by atoms with E-state index in [-0.39, 0.29) is 22.5 Å². The molecule has 2 aliphatic heterocycles. The molecule has 0 radical (unpaired) electrons. The van der Waals surface area contributed by atoms with Crippen LogP contribution in [0.25, 0.3) is 0 Å². The van der Waals surface area contributed by atoms with Gasteiger partial charge in [0.1, 0.15) is 6.10 Å². The van der Waals surface area contributed by atoms with Crippen LogP contribution in [0, 0.1) is 0 Å². The lowest BCUT2D eigenvalue weighted by Gasteiger charge is -2.32. The van der Waals surface area contributed by atoms with Gasteiger partial charge in [-0.3, -0.25) is 4.79 Å². The molecular weight excluding hydrogens is 402 g/mol. The number of rotatable bonds is 4. The Morgan fingerprint density at radius 3 is 2.93 bits per heavy atom. The highest BCUT2D eigenvalue weighted by Gasteiger charge is 2.35. The van der Waals surface area contributed by atoms with Crippen molar-refractivity contribution >= 4 is 33.2 Å². The number of aromatic nitrogens is 2. The van der Waals surface area contributed by atoms with Crippen molar-refractivity contribution in [3.8, 4) is 0 Å². The van der Waals surface area contributed by atoms with E-state index in [1.807, 2.05) is 6.07 Å². The van der Waals surface area contributed by atoms with Crippen molar-refractivity contribution in [2.45, 2.75) is 35.5 Å². The lowest BCUT2D eigenvalue weighted by molar-refractivity contribution is -0.134. The van der Waals surface area contributed by atoms with Gasteiger partial charge in [-0.25, -0.2) is 13.2 Å². The number of cyclic esters (lactones) is 1. The number of carbonyl (C=O) groups excluding carboxylic acids is 2. The van der Waals surface area contributed by atoms with Crippen LogP contribution in [0.1, 0.15) is 52.9 Å². The van der Waals surface area contributed by atoms with Gasteiger partial charge in [-0.2, -0.15) is 0 Å². The number of esters is 1. The molecule has 1 amide bonds. The van der Waals surface area contributed by atoms with Crippen LogP contribution in [0.2, 0.25) is 0 Å². The average molecular weight is 422 g/mol. The van der Waals surface area contributed by atoms with E-state index in [0.717, 1.165) is 36.2 Å². The molecule has 2 aromatic rings. The molecule has 1 aromatic heterocycles. The number of hydrogen-bond acceptors (Lipinski definition) is 8. The fourth-order valence-electron chi connectivity index (χ4n) is 3.78. The van der Waals surface area contributed by atoms with Gasteiger partial charge in [-0.15, -0.1) is 5.10 Å². The van der Waals surface area contributed by atoms with E-state index in [1.54, 1.807) is 23.1 Å². The highest BCUT2D eigenvalue weighted by molar-refractivity contribution is 7.92. The van der Waals surface area contributed by atoms with Crippen LogP contribution >= 0.6 is 11.5 Å². The van der Waals surface area contributed by atoms with Crippen LogP contribution in [0.15, 0.2) is 28.5 Å². The predicted octanol–water partition coefficient (Wildman–Crippen LogP) is 1.95. The number of nitrogens with zero attached hydrogens (tertiary/aromatic N) is 3. The van der Waals surface area contributed by atoms with Gasteiger partial charge in [-0.05, 0) is 18.9 Å². The van der Waals surface area contributed by atoms with Gasteiger partial charge in [0, 0.05) is 42.4 Å². The Morgan fingerprint density at radius 1 is 1.36 bits per heavy atom. The Labute approximate surface area is 166 Å². The highest BCUT2D eigenvalue weighted by atomic mass is 32.2. The van der Waals surface area contributed by atoms with Crippen molar-refractivity contribution in [2.75, 3.05) is 19.3 Å². The molecule has 0 bridgehead atoms. The van der Waals surface area contributed by atoms with Gasteiger partial charge >= 0.3 is 5.97 Å². The summed E-state index contributed by atoms with van der Waals surface area (Å²) in [5.74, 6) is -0.695. The number of amides is 1. The van der Waals surface area contributed by atoms with Crippen LogP contribution in [0.4, 0.5) is 0 Å². The maximum absolute atomic E-state index is 12.9. The van der Waals surface area contributed by atoms with E-state index >= 15 is 0 Å².